The average molecular weight is 255 g/mol. The fraction of sp³-hybridized carbons (Fsp3) is 0.462. The second-order valence-electron chi connectivity index (χ2n) is 4.11. The van der Waals surface area contributed by atoms with Crippen LogP contribution in [-0.4, -0.2) is 30.9 Å². The highest BCUT2D eigenvalue weighted by molar-refractivity contribution is 6.31. The van der Waals surface area contributed by atoms with Gasteiger partial charge in [-0.2, -0.15) is 0 Å². The number of rotatable bonds is 6. The minimum atomic E-state index is 0.0569. The maximum absolute atomic E-state index is 11.5. The molecule has 17 heavy (non-hydrogen) atoms. The van der Waals surface area contributed by atoms with E-state index < -0.39 is 0 Å². The molecule has 1 rings (SSSR count). The molecule has 0 saturated heterocycles. The summed E-state index contributed by atoms with van der Waals surface area (Å²) in [4.78, 5) is 13.5. The number of halogens is 1. The van der Waals surface area contributed by atoms with Crippen LogP contribution in [0.1, 0.15) is 18.9 Å². The molecule has 94 valence electrons. The number of nitrogens with one attached hydrogen (secondary N) is 1. The van der Waals surface area contributed by atoms with Crippen molar-refractivity contribution in [1.82, 2.24) is 10.2 Å². The molecule has 0 bridgehead atoms. The van der Waals surface area contributed by atoms with E-state index >= 15 is 0 Å². The third-order valence-electron chi connectivity index (χ3n) is 2.38. The Kier molecular flexibility index (Phi) is 6.01. The van der Waals surface area contributed by atoms with E-state index in [0.29, 0.717) is 13.1 Å². The molecule has 0 aromatic heterocycles. The Bertz CT molecular complexity index is 368. The van der Waals surface area contributed by atoms with E-state index in [4.69, 9.17) is 11.6 Å². The highest BCUT2D eigenvalue weighted by Gasteiger charge is 2.07. The molecule has 0 aliphatic carbocycles. The van der Waals surface area contributed by atoms with Gasteiger partial charge < -0.3 is 5.32 Å². The largest absolute Gasteiger partial charge is 0.355 e. The number of carbonyl (C=O) groups excluding carboxylic acids is 1. The van der Waals surface area contributed by atoms with Gasteiger partial charge in [0.25, 0.3) is 0 Å². The molecule has 0 fully saturated rings. The summed E-state index contributed by atoms with van der Waals surface area (Å²) in [5.41, 5.74) is 1.04. The lowest BCUT2D eigenvalue weighted by Gasteiger charge is -2.16. The van der Waals surface area contributed by atoms with Gasteiger partial charge in [-0.1, -0.05) is 36.7 Å². The lowest BCUT2D eigenvalue weighted by atomic mass is 10.2. The number of benzene rings is 1. The first-order chi connectivity index (χ1) is 8.13. The van der Waals surface area contributed by atoms with Gasteiger partial charge in [0.05, 0.1) is 6.54 Å². The molecule has 1 amide bonds. The summed E-state index contributed by atoms with van der Waals surface area (Å²) in [5, 5.41) is 3.59. The van der Waals surface area contributed by atoms with E-state index in [0.717, 1.165) is 23.6 Å². The van der Waals surface area contributed by atoms with Gasteiger partial charge in [-0.25, -0.2) is 0 Å². The number of carbonyl (C=O) groups is 1. The van der Waals surface area contributed by atoms with E-state index in [9.17, 15) is 4.79 Å². The Balaban J connectivity index is 2.42. The first-order valence-corrected chi connectivity index (χ1v) is 6.20. The maximum Gasteiger partial charge on any atom is 0.234 e. The Morgan fingerprint density at radius 3 is 2.76 bits per heavy atom. The molecule has 0 radical (unpaired) electrons. The normalized spacial score (nSPS) is 10.6. The predicted molar refractivity (Wildman–Crippen MR) is 71.1 cm³/mol. The third-order valence-corrected chi connectivity index (χ3v) is 2.75. The summed E-state index contributed by atoms with van der Waals surface area (Å²) < 4.78 is 0. The van der Waals surface area contributed by atoms with Crippen LogP contribution in [0.4, 0.5) is 0 Å². The zero-order chi connectivity index (χ0) is 12.7. The SMILES string of the molecule is CCCNC(=O)CN(C)Cc1ccccc1Cl. The lowest BCUT2D eigenvalue weighted by Crippen LogP contribution is -2.35. The van der Waals surface area contributed by atoms with E-state index in [2.05, 4.69) is 5.32 Å². The molecular formula is C13H19ClN2O. The van der Waals surface area contributed by atoms with Crippen LogP contribution < -0.4 is 5.32 Å². The van der Waals surface area contributed by atoms with Crippen molar-refractivity contribution in [3.05, 3.63) is 34.9 Å². The fourth-order valence-corrected chi connectivity index (χ4v) is 1.73. The molecular weight excluding hydrogens is 236 g/mol. The van der Waals surface area contributed by atoms with Crippen LogP contribution in [0.3, 0.4) is 0 Å². The smallest absolute Gasteiger partial charge is 0.234 e. The molecule has 3 nitrogen and oxygen atoms in total. The second-order valence-corrected chi connectivity index (χ2v) is 4.52. The van der Waals surface area contributed by atoms with Crippen molar-refractivity contribution >= 4 is 17.5 Å². The van der Waals surface area contributed by atoms with Gasteiger partial charge in [0, 0.05) is 18.1 Å². The van der Waals surface area contributed by atoms with Gasteiger partial charge in [-0.3, -0.25) is 9.69 Å². The summed E-state index contributed by atoms with van der Waals surface area (Å²) in [6.07, 6.45) is 0.958. The molecule has 1 aromatic rings. The van der Waals surface area contributed by atoms with Crippen molar-refractivity contribution in [2.75, 3.05) is 20.1 Å². The van der Waals surface area contributed by atoms with Gasteiger partial charge in [-0.15, -0.1) is 0 Å². The van der Waals surface area contributed by atoms with Gasteiger partial charge in [0.15, 0.2) is 0 Å². The van der Waals surface area contributed by atoms with E-state index in [-0.39, 0.29) is 5.91 Å². The Labute approximate surface area is 108 Å². The number of amides is 1. The van der Waals surface area contributed by atoms with E-state index in [1.54, 1.807) is 0 Å². The topological polar surface area (TPSA) is 32.3 Å². The molecule has 0 saturated carbocycles. The van der Waals surface area contributed by atoms with Crippen LogP contribution in [0.15, 0.2) is 24.3 Å². The molecule has 0 heterocycles. The van der Waals surface area contributed by atoms with Crippen LogP contribution in [0.2, 0.25) is 5.02 Å². The van der Waals surface area contributed by atoms with Crippen LogP contribution in [0, 0.1) is 0 Å². The molecule has 0 atom stereocenters. The van der Waals surface area contributed by atoms with Crippen LogP contribution in [0.5, 0.6) is 0 Å². The molecule has 1 N–H and O–H groups in total. The minimum absolute atomic E-state index is 0.0569. The van der Waals surface area contributed by atoms with Crippen molar-refractivity contribution in [3.8, 4) is 0 Å². The summed E-state index contributed by atoms with van der Waals surface area (Å²) >= 11 is 6.06. The van der Waals surface area contributed by atoms with Crippen molar-refractivity contribution in [2.24, 2.45) is 0 Å². The Morgan fingerprint density at radius 1 is 1.41 bits per heavy atom. The van der Waals surface area contributed by atoms with Crippen molar-refractivity contribution in [1.29, 1.82) is 0 Å². The first kappa shape index (κ1) is 14.0. The molecule has 0 unspecified atom stereocenters. The van der Waals surface area contributed by atoms with Gasteiger partial charge >= 0.3 is 0 Å². The Morgan fingerprint density at radius 2 is 2.12 bits per heavy atom. The van der Waals surface area contributed by atoms with Gasteiger partial charge in [0.1, 0.15) is 0 Å². The standard InChI is InChI=1S/C13H19ClN2O/c1-3-8-15-13(17)10-16(2)9-11-6-4-5-7-12(11)14/h4-7H,3,8-10H2,1-2H3,(H,15,17). The van der Waals surface area contributed by atoms with Crippen LogP contribution >= 0.6 is 11.6 Å². The van der Waals surface area contributed by atoms with Gasteiger partial charge in [-0.05, 0) is 25.1 Å². The fourth-order valence-electron chi connectivity index (χ4n) is 1.54. The monoisotopic (exact) mass is 254 g/mol. The summed E-state index contributed by atoms with van der Waals surface area (Å²) in [6.45, 7) is 3.84. The number of hydrogen-bond acceptors (Lipinski definition) is 2. The molecule has 4 heteroatoms. The van der Waals surface area contributed by atoms with Crippen molar-refractivity contribution in [3.63, 3.8) is 0 Å². The highest BCUT2D eigenvalue weighted by Crippen LogP contribution is 2.16. The predicted octanol–water partition coefficient (Wildman–Crippen LogP) is 2.30. The second kappa shape index (κ2) is 7.30. The first-order valence-electron chi connectivity index (χ1n) is 5.82. The van der Waals surface area contributed by atoms with Crippen molar-refractivity contribution in [2.45, 2.75) is 19.9 Å². The number of nitrogens with zero attached hydrogens (tertiary/aromatic N) is 1. The van der Waals surface area contributed by atoms with E-state index in [1.165, 1.54) is 0 Å². The molecule has 1 aromatic carbocycles. The zero-order valence-electron chi connectivity index (χ0n) is 10.4. The average Bonchev–Trinajstić information content (AvgIpc) is 2.29. The maximum atomic E-state index is 11.5. The summed E-state index contributed by atoms with van der Waals surface area (Å²) in [6, 6.07) is 7.69. The summed E-state index contributed by atoms with van der Waals surface area (Å²) in [5.74, 6) is 0.0569. The summed E-state index contributed by atoms with van der Waals surface area (Å²) in [7, 11) is 1.91. The third kappa shape index (κ3) is 5.20. The number of likely N-dealkylation sites (N-methyl/N-ethyl adjacent to an activating group) is 1. The molecule has 0 spiro atoms. The number of hydrogen-bond donors (Lipinski definition) is 1. The van der Waals surface area contributed by atoms with Gasteiger partial charge in [0.2, 0.25) is 5.91 Å². The lowest BCUT2D eigenvalue weighted by molar-refractivity contribution is -0.122. The zero-order valence-corrected chi connectivity index (χ0v) is 11.1. The highest BCUT2D eigenvalue weighted by atomic mass is 35.5. The van der Waals surface area contributed by atoms with E-state index in [1.807, 2.05) is 43.1 Å². The Hall–Kier alpha value is -1.06. The quantitative estimate of drug-likeness (QED) is 0.845. The van der Waals surface area contributed by atoms with Crippen LogP contribution in [-0.2, 0) is 11.3 Å². The van der Waals surface area contributed by atoms with Crippen LogP contribution in [0.25, 0.3) is 0 Å². The minimum Gasteiger partial charge on any atom is -0.355 e. The van der Waals surface area contributed by atoms with Crippen molar-refractivity contribution < 1.29 is 4.79 Å². The molecule has 0 aliphatic rings. The molecule has 0 aliphatic heterocycles.